The van der Waals surface area contributed by atoms with Gasteiger partial charge in [0.15, 0.2) is 0 Å². The Morgan fingerprint density at radius 1 is 1.32 bits per heavy atom. The molecule has 6 nitrogen and oxygen atoms in total. The number of hydrogen-bond donors (Lipinski definition) is 1. The second-order valence-electron chi connectivity index (χ2n) is 7.03. The van der Waals surface area contributed by atoms with Gasteiger partial charge < -0.3 is 19.4 Å². The van der Waals surface area contributed by atoms with E-state index in [1.165, 1.54) is 32.1 Å². The predicted octanol–water partition coefficient (Wildman–Crippen LogP) is 2.48. The molecule has 3 rings (SSSR count). The van der Waals surface area contributed by atoms with Crippen LogP contribution in [0.4, 0.5) is 0 Å². The molecule has 0 aromatic carbocycles. The minimum absolute atomic E-state index is 0.0113. The lowest BCUT2D eigenvalue weighted by atomic mass is 9.98. The largest absolute Gasteiger partial charge is 0.467 e. The summed E-state index contributed by atoms with van der Waals surface area (Å²) in [6, 6.07) is 3.64. The summed E-state index contributed by atoms with van der Waals surface area (Å²) in [7, 11) is 0. The molecule has 25 heavy (non-hydrogen) atoms. The Bertz CT molecular complexity index is 552. The lowest BCUT2D eigenvalue weighted by molar-refractivity contribution is -0.129. The van der Waals surface area contributed by atoms with Crippen molar-refractivity contribution in [2.45, 2.75) is 57.6 Å². The molecule has 6 heteroatoms. The van der Waals surface area contributed by atoms with Crippen molar-refractivity contribution in [2.24, 2.45) is 5.92 Å². The van der Waals surface area contributed by atoms with Gasteiger partial charge in [0, 0.05) is 26.1 Å². The lowest BCUT2D eigenvalue weighted by Gasteiger charge is -2.22. The minimum Gasteiger partial charge on any atom is -0.467 e. The van der Waals surface area contributed by atoms with Gasteiger partial charge in [-0.1, -0.05) is 19.3 Å². The highest BCUT2D eigenvalue weighted by molar-refractivity contribution is 5.89. The van der Waals surface area contributed by atoms with E-state index in [1.54, 1.807) is 17.2 Å². The van der Waals surface area contributed by atoms with E-state index < -0.39 is 0 Å². The first kappa shape index (κ1) is 18.0. The molecule has 2 aliphatic rings. The van der Waals surface area contributed by atoms with Crippen LogP contribution in [0.3, 0.4) is 0 Å². The van der Waals surface area contributed by atoms with Crippen LogP contribution in [0, 0.1) is 5.92 Å². The zero-order valence-electron chi connectivity index (χ0n) is 14.7. The molecule has 0 radical (unpaired) electrons. The molecule has 0 bridgehead atoms. The summed E-state index contributed by atoms with van der Waals surface area (Å²) >= 11 is 0. The molecule has 2 fully saturated rings. The normalized spacial score (nSPS) is 21.7. The van der Waals surface area contributed by atoms with Crippen molar-refractivity contribution in [2.75, 3.05) is 19.7 Å². The van der Waals surface area contributed by atoms with Crippen molar-refractivity contribution < 1.29 is 18.7 Å². The van der Waals surface area contributed by atoms with E-state index in [2.05, 4.69) is 5.32 Å². The molecule has 1 aromatic rings. The van der Waals surface area contributed by atoms with Crippen molar-refractivity contribution >= 4 is 11.8 Å². The Morgan fingerprint density at radius 2 is 2.16 bits per heavy atom. The van der Waals surface area contributed by atoms with Gasteiger partial charge in [-0.3, -0.25) is 9.59 Å². The summed E-state index contributed by atoms with van der Waals surface area (Å²) in [6.45, 7) is 2.20. The molecule has 1 N–H and O–H groups in total. The van der Waals surface area contributed by atoms with E-state index >= 15 is 0 Å². The molecule has 138 valence electrons. The molecule has 0 spiro atoms. The van der Waals surface area contributed by atoms with Gasteiger partial charge in [0.25, 0.3) is 0 Å². The average Bonchev–Trinajstić information content (AvgIpc) is 3.26. The van der Waals surface area contributed by atoms with E-state index in [0.29, 0.717) is 32.3 Å². The van der Waals surface area contributed by atoms with Crippen molar-refractivity contribution in [1.82, 2.24) is 10.2 Å². The number of furan rings is 1. The van der Waals surface area contributed by atoms with Crippen molar-refractivity contribution in [1.29, 1.82) is 0 Å². The molecular formula is C19H28N2O4. The van der Waals surface area contributed by atoms with Gasteiger partial charge in [-0.2, -0.15) is 0 Å². The summed E-state index contributed by atoms with van der Waals surface area (Å²) < 4.78 is 11.1. The van der Waals surface area contributed by atoms with Crippen molar-refractivity contribution in [3.63, 3.8) is 0 Å². The first-order valence-electron chi connectivity index (χ1n) is 9.42. The molecule has 0 unspecified atom stereocenters. The summed E-state index contributed by atoms with van der Waals surface area (Å²) in [4.78, 5) is 26.0. The number of ether oxygens (including phenoxy) is 1. The van der Waals surface area contributed by atoms with E-state index in [9.17, 15) is 9.59 Å². The molecule has 1 saturated carbocycles. The van der Waals surface area contributed by atoms with Crippen molar-refractivity contribution in [3.8, 4) is 0 Å². The third-order valence-corrected chi connectivity index (χ3v) is 5.04. The predicted molar refractivity (Wildman–Crippen MR) is 92.7 cm³/mol. The monoisotopic (exact) mass is 348 g/mol. The first-order chi connectivity index (χ1) is 12.2. The van der Waals surface area contributed by atoms with E-state index in [-0.39, 0.29) is 24.2 Å². The van der Waals surface area contributed by atoms with Crippen LogP contribution in [-0.4, -0.2) is 42.5 Å². The second kappa shape index (κ2) is 9.04. The summed E-state index contributed by atoms with van der Waals surface area (Å²) in [5.41, 5.74) is 0. The van der Waals surface area contributed by atoms with Crippen LogP contribution in [0.2, 0.25) is 0 Å². The number of amides is 2. The van der Waals surface area contributed by atoms with Crippen LogP contribution in [0.1, 0.15) is 50.7 Å². The van der Waals surface area contributed by atoms with Crippen LogP contribution >= 0.6 is 0 Å². The highest BCUT2D eigenvalue weighted by Crippen LogP contribution is 2.21. The van der Waals surface area contributed by atoms with E-state index in [1.807, 2.05) is 6.07 Å². The molecular weight excluding hydrogens is 320 g/mol. The number of nitrogens with one attached hydrogen (secondary N) is 1. The molecule has 1 aliphatic heterocycles. The zero-order valence-corrected chi connectivity index (χ0v) is 14.7. The maximum Gasteiger partial charge on any atom is 0.225 e. The fourth-order valence-corrected chi connectivity index (χ4v) is 3.60. The number of hydrogen-bond acceptors (Lipinski definition) is 4. The summed E-state index contributed by atoms with van der Waals surface area (Å²) in [5.74, 6) is 0.459. The van der Waals surface area contributed by atoms with Crippen LogP contribution in [0.15, 0.2) is 22.8 Å². The van der Waals surface area contributed by atoms with Gasteiger partial charge >= 0.3 is 0 Å². The molecule has 2 amide bonds. The Hall–Kier alpha value is -1.82. The first-order valence-corrected chi connectivity index (χ1v) is 9.42. The molecule has 2 heterocycles. The smallest absolute Gasteiger partial charge is 0.225 e. The molecule has 1 atom stereocenters. The fourth-order valence-electron chi connectivity index (χ4n) is 3.60. The van der Waals surface area contributed by atoms with E-state index in [0.717, 1.165) is 12.2 Å². The number of nitrogens with zero attached hydrogens (tertiary/aromatic N) is 1. The number of carbonyl (C=O) groups excluding carboxylic acids is 2. The van der Waals surface area contributed by atoms with Gasteiger partial charge in [-0.15, -0.1) is 0 Å². The zero-order chi connectivity index (χ0) is 17.5. The summed E-state index contributed by atoms with van der Waals surface area (Å²) in [5, 5.41) is 2.94. The highest BCUT2D eigenvalue weighted by atomic mass is 16.5. The standard InChI is InChI=1S/C19H28N2O4/c22-18-12-15(13-21(18)14-17-8-4-10-25-17)19(23)20-9-5-11-24-16-6-2-1-3-7-16/h4,8,10,15-16H,1-3,5-7,9,11-14H2,(H,20,23)/t15-/m0/s1. The van der Waals surface area contributed by atoms with Gasteiger partial charge in [0.2, 0.25) is 11.8 Å². The Labute approximate surface area is 148 Å². The van der Waals surface area contributed by atoms with Gasteiger partial charge in [0.1, 0.15) is 5.76 Å². The van der Waals surface area contributed by atoms with Crippen molar-refractivity contribution in [3.05, 3.63) is 24.2 Å². The van der Waals surface area contributed by atoms with Crippen LogP contribution in [-0.2, 0) is 20.9 Å². The quantitative estimate of drug-likeness (QED) is 0.733. The average molecular weight is 348 g/mol. The van der Waals surface area contributed by atoms with Crippen LogP contribution < -0.4 is 5.32 Å². The second-order valence-corrected chi connectivity index (χ2v) is 7.03. The summed E-state index contributed by atoms with van der Waals surface area (Å²) in [6.07, 6.45) is 9.31. The number of rotatable bonds is 8. The lowest BCUT2D eigenvalue weighted by Crippen LogP contribution is -2.34. The molecule has 1 aromatic heterocycles. The van der Waals surface area contributed by atoms with Crippen LogP contribution in [0.5, 0.6) is 0 Å². The number of likely N-dealkylation sites (tertiary alicyclic amines) is 1. The van der Waals surface area contributed by atoms with E-state index in [4.69, 9.17) is 9.15 Å². The maximum absolute atomic E-state index is 12.2. The number of carbonyl (C=O) groups is 2. The fraction of sp³-hybridized carbons (Fsp3) is 0.684. The SMILES string of the molecule is O=C(NCCCOC1CCCCC1)[C@H]1CC(=O)N(Cc2ccco2)C1. The van der Waals surface area contributed by atoms with Gasteiger partial charge in [-0.05, 0) is 31.4 Å². The Balaban J connectivity index is 1.31. The Morgan fingerprint density at radius 3 is 2.92 bits per heavy atom. The molecule has 1 aliphatic carbocycles. The highest BCUT2D eigenvalue weighted by Gasteiger charge is 2.34. The third-order valence-electron chi connectivity index (χ3n) is 5.04. The Kier molecular flexibility index (Phi) is 6.50. The van der Waals surface area contributed by atoms with Gasteiger partial charge in [-0.25, -0.2) is 0 Å². The minimum atomic E-state index is -0.262. The van der Waals surface area contributed by atoms with Crippen LogP contribution in [0.25, 0.3) is 0 Å². The topological polar surface area (TPSA) is 71.8 Å². The van der Waals surface area contributed by atoms with Gasteiger partial charge in [0.05, 0.1) is 24.8 Å². The maximum atomic E-state index is 12.2. The third kappa shape index (κ3) is 5.33. The molecule has 1 saturated heterocycles.